The highest BCUT2D eigenvalue weighted by atomic mass is 79.9. The molecule has 110 valence electrons. The molecule has 2 heteroatoms. The van der Waals surface area contributed by atoms with Crippen LogP contribution < -0.4 is 0 Å². The van der Waals surface area contributed by atoms with Gasteiger partial charge in [0.15, 0.2) is 5.78 Å². The van der Waals surface area contributed by atoms with Crippen LogP contribution in [-0.4, -0.2) is 5.78 Å². The van der Waals surface area contributed by atoms with Gasteiger partial charge >= 0.3 is 0 Å². The van der Waals surface area contributed by atoms with Crippen LogP contribution in [0.1, 0.15) is 53.4 Å². The van der Waals surface area contributed by atoms with Crippen LogP contribution in [0.2, 0.25) is 0 Å². The summed E-state index contributed by atoms with van der Waals surface area (Å²) >= 11 is 3.52. The maximum absolute atomic E-state index is 13.0. The van der Waals surface area contributed by atoms with Gasteiger partial charge in [0, 0.05) is 15.6 Å². The summed E-state index contributed by atoms with van der Waals surface area (Å²) in [5.74, 6) is 0.105. The van der Waals surface area contributed by atoms with Crippen LogP contribution in [-0.2, 0) is 5.41 Å². The van der Waals surface area contributed by atoms with E-state index in [1.165, 1.54) is 0 Å². The van der Waals surface area contributed by atoms with Crippen molar-refractivity contribution in [3.05, 3.63) is 68.7 Å². The van der Waals surface area contributed by atoms with Gasteiger partial charge in [-0.05, 0) is 48.1 Å². The number of hydrogen-bond donors (Lipinski definition) is 0. The van der Waals surface area contributed by atoms with Crippen molar-refractivity contribution >= 4 is 21.7 Å². The van der Waals surface area contributed by atoms with E-state index in [0.717, 1.165) is 32.3 Å². The number of ketones is 1. The van der Waals surface area contributed by atoms with Gasteiger partial charge in [0.2, 0.25) is 0 Å². The van der Waals surface area contributed by atoms with Gasteiger partial charge < -0.3 is 0 Å². The Kier molecular flexibility index (Phi) is 4.38. The van der Waals surface area contributed by atoms with E-state index in [9.17, 15) is 4.79 Å². The predicted molar refractivity (Wildman–Crippen MR) is 92.2 cm³/mol. The van der Waals surface area contributed by atoms with Crippen molar-refractivity contribution in [2.24, 2.45) is 0 Å². The van der Waals surface area contributed by atoms with Crippen molar-refractivity contribution in [1.82, 2.24) is 0 Å². The maximum atomic E-state index is 13.0. The van der Waals surface area contributed by atoms with Crippen LogP contribution in [0.4, 0.5) is 0 Å². The van der Waals surface area contributed by atoms with E-state index in [1.807, 2.05) is 50.2 Å². The summed E-state index contributed by atoms with van der Waals surface area (Å²) in [6.07, 6.45) is 0. The Balaban J connectivity index is 2.59. The lowest BCUT2D eigenvalue weighted by Crippen LogP contribution is -2.17. The van der Waals surface area contributed by atoms with E-state index in [4.69, 9.17) is 0 Å². The highest BCUT2D eigenvalue weighted by molar-refractivity contribution is 9.10. The fourth-order valence-corrected chi connectivity index (χ4v) is 2.96. The second-order valence-corrected chi connectivity index (χ2v) is 7.40. The third-order valence-electron chi connectivity index (χ3n) is 3.73. The zero-order chi connectivity index (χ0) is 15.8. The van der Waals surface area contributed by atoms with Crippen LogP contribution in [0.25, 0.3) is 0 Å². The van der Waals surface area contributed by atoms with E-state index >= 15 is 0 Å². The van der Waals surface area contributed by atoms with Crippen LogP contribution in [0.3, 0.4) is 0 Å². The van der Waals surface area contributed by atoms with Crippen LogP contribution in [0.15, 0.2) is 40.9 Å². The summed E-state index contributed by atoms with van der Waals surface area (Å²) in [6.45, 7) is 10.4. The molecule has 0 spiro atoms. The van der Waals surface area contributed by atoms with Crippen LogP contribution >= 0.6 is 15.9 Å². The van der Waals surface area contributed by atoms with Gasteiger partial charge in [-0.25, -0.2) is 0 Å². The van der Waals surface area contributed by atoms with Crippen molar-refractivity contribution in [2.75, 3.05) is 0 Å². The Hall–Kier alpha value is -1.41. The number of aryl methyl sites for hydroxylation is 2. The Morgan fingerprint density at radius 3 is 2.19 bits per heavy atom. The van der Waals surface area contributed by atoms with Crippen molar-refractivity contribution in [1.29, 1.82) is 0 Å². The average Bonchev–Trinajstić information content (AvgIpc) is 2.41. The third kappa shape index (κ3) is 3.26. The zero-order valence-electron chi connectivity index (χ0n) is 13.3. The van der Waals surface area contributed by atoms with Crippen molar-refractivity contribution in [2.45, 2.75) is 40.0 Å². The molecule has 0 atom stereocenters. The quantitative estimate of drug-likeness (QED) is 0.648. The molecule has 0 amide bonds. The summed E-state index contributed by atoms with van der Waals surface area (Å²) in [4.78, 5) is 13.0. The second-order valence-electron chi connectivity index (χ2n) is 6.54. The van der Waals surface area contributed by atoms with Gasteiger partial charge in [0.25, 0.3) is 0 Å². The van der Waals surface area contributed by atoms with Gasteiger partial charge in [-0.2, -0.15) is 0 Å². The first kappa shape index (κ1) is 16.0. The van der Waals surface area contributed by atoms with Crippen LogP contribution in [0.5, 0.6) is 0 Å². The fraction of sp³-hybridized carbons (Fsp3) is 0.316. The second kappa shape index (κ2) is 5.76. The van der Waals surface area contributed by atoms with E-state index in [1.54, 1.807) is 0 Å². The molecule has 0 fully saturated rings. The molecule has 0 bridgehead atoms. The Bertz CT molecular complexity index is 693. The highest BCUT2D eigenvalue weighted by Crippen LogP contribution is 2.29. The van der Waals surface area contributed by atoms with E-state index < -0.39 is 0 Å². The lowest BCUT2D eigenvalue weighted by Gasteiger charge is -2.22. The standard InChI is InChI=1S/C19H21BrO/c1-12-11-17(20)13(2)10-15(12)18(21)14-8-6-7-9-16(14)19(3,4)5/h6-11H,1-5H3. The number of benzene rings is 2. The Morgan fingerprint density at radius 2 is 1.57 bits per heavy atom. The third-order valence-corrected chi connectivity index (χ3v) is 4.58. The van der Waals surface area contributed by atoms with Gasteiger partial charge in [-0.3, -0.25) is 4.79 Å². The summed E-state index contributed by atoms with van der Waals surface area (Å²) < 4.78 is 1.04. The molecule has 0 heterocycles. The SMILES string of the molecule is Cc1cc(C(=O)c2ccccc2C(C)(C)C)c(C)cc1Br. The first-order valence-electron chi connectivity index (χ1n) is 7.13. The Labute approximate surface area is 135 Å². The number of carbonyl (C=O) groups is 1. The summed E-state index contributed by atoms with van der Waals surface area (Å²) in [7, 11) is 0. The van der Waals surface area contributed by atoms with Crippen molar-refractivity contribution < 1.29 is 4.79 Å². The number of halogens is 1. The molecule has 0 unspecified atom stereocenters. The predicted octanol–water partition coefficient (Wildman–Crippen LogP) is 5.59. The molecule has 0 radical (unpaired) electrons. The molecule has 0 aromatic heterocycles. The molecule has 2 rings (SSSR count). The van der Waals surface area contributed by atoms with E-state index in [0.29, 0.717) is 0 Å². The smallest absolute Gasteiger partial charge is 0.193 e. The first-order chi connectivity index (χ1) is 9.71. The van der Waals surface area contributed by atoms with Crippen LogP contribution in [0, 0.1) is 13.8 Å². The van der Waals surface area contributed by atoms with E-state index in [2.05, 4.69) is 36.7 Å². The topological polar surface area (TPSA) is 17.1 Å². The molecule has 0 aliphatic carbocycles. The molecule has 0 saturated heterocycles. The average molecular weight is 345 g/mol. The molecule has 0 aliphatic heterocycles. The fourth-order valence-electron chi connectivity index (χ4n) is 2.51. The lowest BCUT2D eigenvalue weighted by molar-refractivity contribution is 0.103. The molecule has 2 aromatic rings. The molecular formula is C19H21BrO. The van der Waals surface area contributed by atoms with Gasteiger partial charge in [-0.15, -0.1) is 0 Å². The number of rotatable bonds is 2. The highest BCUT2D eigenvalue weighted by Gasteiger charge is 2.23. The monoisotopic (exact) mass is 344 g/mol. The van der Waals surface area contributed by atoms with E-state index in [-0.39, 0.29) is 11.2 Å². The lowest BCUT2D eigenvalue weighted by atomic mass is 9.81. The largest absolute Gasteiger partial charge is 0.289 e. The summed E-state index contributed by atoms with van der Waals surface area (Å²) in [5, 5.41) is 0. The molecule has 2 aromatic carbocycles. The molecule has 1 nitrogen and oxygen atoms in total. The normalized spacial score (nSPS) is 11.5. The maximum Gasteiger partial charge on any atom is 0.193 e. The van der Waals surface area contributed by atoms with Gasteiger partial charge in [0.1, 0.15) is 0 Å². The first-order valence-corrected chi connectivity index (χ1v) is 7.92. The van der Waals surface area contributed by atoms with Gasteiger partial charge in [0.05, 0.1) is 0 Å². The number of carbonyl (C=O) groups excluding carboxylic acids is 1. The van der Waals surface area contributed by atoms with Gasteiger partial charge in [-0.1, -0.05) is 61.0 Å². The molecule has 0 aliphatic rings. The molecular weight excluding hydrogens is 324 g/mol. The Morgan fingerprint density at radius 1 is 0.952 bits per heavy atom. The minimum atomic E-state index is -0.0510. The summed E-state index contributed by atoms with van der Waals surface area (Å²) in [5.41, 5.74) is 4.71. The molecule has 0 N–H and O–H groups in total. The van der Waals surface area contributed by atoms with Crippen molar-refractivity contribution in [3.63, 3.8) is 0 Å². The molecule has 21 heavy (non-hydrogen) atoms. The van der Waals surface area contributed by atoms with Crippen molar-refractivity contribution in [3.8, 4) is 0 Å². The minimum Gasteiger partial charge on any atom is -0.289 e. The summed E-state index contributed by atoms with van der Waals surface area (Å²) in [6, 6.07) is 11.9. The zero-order valence-corrected chi connectivity index (χ0v) is 14.8. The molecule has 0 saturated carbocycles. The number of hydrogen-bond acceptors (Lipinski definition) is 1. The minimum absolute atomic E-state index is 0.0510.